The number of ether oxygens (including phenoxy) is 1. The Kier molecular flexibility index (Phi) is 6.78. The number of hydrogen-bond acceptors (Lipinski definition) is 2. The Balaban J connectivity index is 1.99. The number of hydrogen-bond donors (Lipinski definition) is 1. The van der Waals surface area contributed by atoms with Gasteiger partial charge in [-0.25, -0.2) is 4.79 Å². The first-order valence-corrected chi connectivity index (χ1v) is 8.71. The first-order valence-electron chi connectivity index (χ1n) is 7.16. The van der Waals surface area contributed by atoms with Crippen LogP contribution in [0.15, 0.2) is 40.9 Å². The lowest BCUT2D eigenvalue weighted by molar-refractivity contribution is 0.206. The predicted octanol–water partition coefficient (Wildman–Crippen LogP) is 5.11. The van der Waals surface area contributed by atoms with Crippen molar-refractivity contribution in [2.24, 2.45) is 0 Å². The molecule has 2 aromatic rings. The first-order chi connectivity index (χ1) is 11.4. The molecule has 0 aliphatic carbocycles. The largest absolute Gasteiger partial charge is 0.496 e. The van der Waals surface area contributed by atoms with Crippen molar-refractivity contribution >= 4 is 45.2 Å². The topological polar surface area (TPSA) is 41.6 Å². The van der Waals surface area contributed by atoms with Crippen molar-refractivity contribution in [3.05, 3.63) is 62.0 Å². The van der Waals surface area contributed by atoms with Crippen LogP contribution in [0.3, 0.4) is 0 Å². The second-order valence-corrected chi connectivity index (χ2v) is 6.88. The van der Waals surface area contributed by atoms with Crippen LogP contribution < -0.4 is 10.1 Å². The third-order valence-electron chi connectivity index (χ3n) is 3.46. The number of nitrogens with zero attached hydrogens (tertiary/aromatic N) is 1. The molecule has 0 heterocycles. The Bertz CT molecular complexity index is 741. The van der Waals surface area contributed by atoms with Crippen molar-refractivity contribution in [1.82, 2.24) is 10.2 Å². The molecule has 0 saturated carbocycles. The Hall–Kier alpha value is -1.43. The van der Waals surface area contributed by atoms with Crippen LogP contribution in [0.2, 0.25) is 10.0 Å². The van der Waals surface area contributed by atoms with Crippen LogP contribution in [0, 0.1) is 0 Å². The quantitative estimate of drug-likeness (QED) is 0.714. The summed E-state index contributed by atoms with van der Waals surface area (Å²) in [7, 11) is 3.30. The Morgan fingerprint density at radius 3 is 2.71 bits per heavy atom. The van der Waals surface area contributed by atoms with E-state index in [4.69, 9.17) is 27.9 Å². The molecule has 0 aromatic heterocycles. The molecule has 2 amide bonds. The average Bonchev–Trinajstić information content (AvgIpc) is 2.56. The van der Waals surface area contributed by atoms with Crippen molar-refractivity contribution in [1.29, 1.82) is 0 Å². The summed E-state index contributed by atoms with van der Waals surface area (Å²) in [5.41, 5.74) is 1.68. The highest BCUT2D eigenvalue weighted by molar-refractivity contribution is 9.10. The van der Waals surface area contributed by atoms with E-state index >= 15 is 0 Å². The number of carbonyl (C=O) groups excluding carboxylic acids is 1. The molecule has 0 spiro atoms. The molecular formula is C17H17BrCl2N2O2. The number of rotatable bonds is 5. The highest BCUT2D eigenvalue weighted by atomic mass is 79.9. The summed E-state index contributed by atoms with van der Waals surface area (Å²) in [5, 5.41) is 3.80. The van der Waals surface area contributed by atoms with Crippen molar-refractivity contribution < 1.29 is 9.53 Å². The molecule has 4 nitrogen and oxygen atoms in total. The Labute approximate surface area is 159 Å². The van der Waals surface area contributed by atoms with E-state index in [2.05, 4.69) is 21.2 Å². The van der Waals surface area contributed by atoms with Gasteiger partial charge in [-0.05, 0) is 29.8 Å². The van der Waals surface area contributed by atoms with Crippen LogP contribution in [-0.2, 0) is 13.1 Å². The highest BCUT2D eigenvalue weighted by Crippen LogP contribution is 2.26. The molecular weight excluding hydrogens is 415 g/mol. The van der Waals surface area contributed by atoms with Gasteiger partial charge in [0.2, 0.25) is 0 Å². The molecule has 0 unspecified atom stereocenters. The maximum absolute atomic E-state index is 12.3. The van der Waals surface area contributed by atoms with Gasteiger partial charge < -0.3 is 15.0 Å². The van der Waals surface area contributed by atoms with Gasteiger partial charge in [0.05, 0.1) is 17.2 Å². The molecule has 0 atom stereocenters. The predicted molar refractivity (Wildman–Crippen MR) is 101 cm³/mol. The molecule has 2 rings (SSSR count). The van der Waals surface area contributed by atoms with Crippen LogP contribution in [0.25, 0.3) is 0 Å². The smallest absolute Gasteiger partial charge is 0.317 e. The van der Waals surface area contributed by atoms with Crippen LogP contribution in [0.5, 0.6) is 5.75 Å². The van der Waals surface area contributed by atoms with Gasteiger partial charge in [-0.2, -0.15) is 0 Å². The van der Waals surface area contributed by atoms with Gasteiger partial charge in [-0.15, -0.1) is 0 Å². The Morgan fingerprint density at radius 1 is 1.25 bits per heavy atom. The molecule has 0 fully saturated rings. The lowest BCUT2D eigenvalue weighted by Gasteiger charge is -2.19. The van der Waals surface area contributed by atoms with E-state index < -0.39 is 0 Å². The maximum Gasteiger partial charge on any atom is 0.317 e. The number of methoxy groups -OCH3 is 1. The highest BCUT2D eigenvalue weighted by Gasteiger charge is 2.13. The zero-order chi connectivity index (χ0) is 17.7. The summed E-state index contributed by atoms with van der Waals surface area (Å²) >= 11 is 15.6. The fourth-order valence-corrected chi connectivity index (χ4v) is 2.98. The number of benzene rings is 2. The second-order valence-electron chi connectivity index (χ2n) is 5.18. The molecule has 0 saturated heterocycles. The number of urea groups is 1. The fourth-order valence-electron chi connectivity index (χ4n) is 2.19. The van der Waals surface area contributed by atoms with Gasteiger partial charge in [-0.1, -0.05) is 51.3 Å². The van der Waals surface area contributed by atoms with Gasteiger partial charge >= 0.3 is 6.03 Å². The van der Waals surface area contributed by atoms with E-state index in [0.717, 1.165) is 21.3 Å². The van der Waals surface area contributed by atoms with Crippen molar-refractivity contribution in [3.8, 4) is 5.75 Å². The monoisotopic (exact) mass is 430 g/mol. The first kappa shape index (κ1) is 18.9. The SMILES string of the molecule is COc1ccc(Br)cc1CNC(=O)N(C)Cc1cccc(Cl)c1Cl. The van der Waals surface area contributed by atoms with E-state index in [9.17, 15) is 4.79 Å². The minimum atomic E-state index is -0.215. The van der Waals surface area contributed by atoms with E-state index in [-0.39, 0.29) is 6.03 Å². The van der Waals surface area contributed by atoms with Crippen LogP contribution in [0.4, 0.5) is 4.79 Å². The van der Waals surface area contributed by atoms with Crippen molar-refractivity contribution in [2.75, 3.05) is 14.2 Å². The average molecular weight is 432 g/mol. The number of carbonyl (C=O) groups is 1. The molecule has 2 aromatic carbocycles. The standard InChI is InChI=1S/C17H17BrCl2N2O2/c1-22(10-11-4-3-5-14(19)16(11)20)17(23)21-9-12-8-13(18)6-7-15(12)24-2/h3-8H,9-10H2,1-2H3,(H,21,23). The minimum Gasteiger partial charge on any atom is -0.496 e. The van der Waals surface area contributed by atoms with Gasteiger partial charge in [0, 0.05) is 30.2 Å². The van der Waals surface area contributed by atoms with Gasteiger partial charge in [0.1, 0.15) is 5.75 Å². The summed E-state index contributed by atoms with van der Waals surface area (Å²) in [4.78, 5) is 13.8. The van der Waals surface area contributed by atoms with Crippen molar-refractivity contribution in [3.63, 3.8) is 0 Å². The summed E-state index contributed by atoms with van der Waals surface area (Å²) in [6, 6.07) is 10.8. The molecule has 0 radical (unpaired) electrons. The fraction of sp³-hybridized carbons (Fsp3) is 0.235. The molecule has 128 valence electrons. The number of halogens is 3. The van der Waals surface area contributed by atoms with E-state index in [1.54, 1.807) is 25.1 Å². The number of amides is 2. The molecule has 0 bridgehead atoms. The van der Waals surface area contributed by atoms with E-state index in [1.165, 1.54) is 0 Å². The summed E-state index contributed by atoms with van der Waals surface area (Å²) in [6.45, 7) is 0.718. The summed E-state index contributed by atoms with van der Waals surface area (Å²) in [6.07, 6.45) is 0. The van der Waals surface area contributed by atoms with Crippen LogP contribution in [-0.4, -0.2) is 25.1 Å². The molecule has 24 heavy (non-hydrogen) atoms. The van der Waals surface area contributed by atoms with Gasteiger partial charge in [0.15, 0.2) is 0 Å². The van der Waals surface area contributed by atoms with E-state index in [0.29, 0.717) is 23.1 Å². The zero-order valence-corrected chi connectivity index (χ0v) is 16.4. The molecule has 7 heteroatoms. The molecule has 1 N–H and O–H groups in total. The molecule has 0 aliphatic heterocycles. The second kappa shape index (κ2) is 8.60. The lowest BCUT2D eigenvalue weighted by Crippen LogP contribution is -2.36. The minimum absolute atomic E-state index is 0.215. The summed E-state index contributed by atoms with van der Waals surface area (Å²) < 4.78 is 6.22. The van der Waals surface area contributed by atoms with Crippen molar-refractivity contribution in [2.45, 2.75) is 13.1 Å². The van der Waals surface area contributed by atoms with Crippen LogP contribution >= 0.6 is 39.1 Å². The third kappa shape index (κ3) is 4.79. The Morgan fingerprint density at radius 2 is 2.00 bits per heavy atom. The summed E-state index contributed by atoms with van der Waals surface area (Å²) in [5.74, 6) is 0.721. The number of nitrogens with one attached hydrogen (secondary N) is 1. The third-order valence-corrected chi connectivity index (χ3v) is 4.81. The van der Waals surface area contributed by atoms with Crippen LogP contribution in [0.1, 0.15) is 11.1 Å². The molecule has 0 aliphatic rings. The lowest BCUT2D eigenvalue weighted by atomic mass is 10.2. The van der Waals surface area contributed by atoms with Gasteiger partial charge in [0.25, 0.3) is 0 Å². The normalized spacial score (nSPS) is 10.4. The maximum atomic E-state index is 12.3. The van der Waals surface area contributed by atoms with E-state index in [1.807, 2.05) is 30.3 Å². The van der Waals surface area contributed by atoms with Gasteiger partial charge in [-0.3, -0.25) is 0 Å². The zero-order valence-electron chi connectivity index (χ0n) is 13.3.